The van der Waals surface area contributed by atoms with Gasteiger partial charge in [-0.3, -0.25) is 0 Å². The Kier molecular flexibility index (Phi) is 8.25. The zero-order valence-electron chi connectivity index (χ0n) is 23.4. The van der Waals surface area contributed by atoms with Gasteiger partial charge in [-0.05, 0) is 45.0 Å². The molecule has 0 aliphatic carbocycles. The maximum absolute atomic E-state index is 13.4. The van der Waals surface area contributed by atoms with Gasteiger partial charge in [0.25, 0.3) is 0 Å². The second-order valence-electron chi connectivity index (χ2n) is 9.46. The monoisotopic (exact) mass is 556 g/mol. The van der Waals surface area contributed by atoms with Crippen molar-refractivity contribution in [1.82, 2.24) is 0 Å². The van der Waals surface area contributed by atoms with Crippen LogP contribution in [0.5, 0.6) is 0 Å². The third-order valence-corrected chi connectivity index (χ3v) is 7.10. The Morgan fingerprint density at radius 2 is 0.810 bits per heavy atom. The van der Waals surface area contributed by atoms with E-state index in [2.05, 4.69) is 0 Å². The molecule has 0 aromatic heterocycles. The van der Waals surface area contributed by atoms with Crippen LogP contribution in [-0.2, 0) is 14.2 Å². The van der Waals surface area contributed by atoms with Gasteiger partial charge in [-0.2, -0.15) is 0 Å². The molecule has 0 amide bonds. The second-order valence-corrected chi connectivity index (χ2v) is 9.46. The third-order valence-electron chi connectivity index (χ3n) is 7.10. The summed E-state index contributed by atoms with van der Waals surface area (Å²) in [5, 5.41) is 0. The molecule has 208 valence electrons. The average molecular weight is 557 g/mol. The van der Waals surface area contributed by atoms with Crippen LogP contribution in [0.25, 0.3) is 44.5 Å². The predicted molar refractivity (Wildman–Crippen MR) is 162 cm³/mol. The number of esters is 3. The molecule has 5 aromatic rings. The van der Waals surface area contributed by atoms with Gasteiger partial charge in [0, 0.05) is 5.56 Å². The fourth-order valence-electron chi connectivity index (χ4n) is 5.03. The number of hydrogen-bond acceptors (Lipinski definition) is 6. The molecule has 0 heterocycles. The minimum atomic E-state index is -0.787. The van der Waals surface area contributed by atoms with Crippen LogP contribution in [0.15, 0.2) is 115 Å². The van der Waals surface area contributed by atoms with Crippen molar-refractivity contribution in [2.45, 2.75) is 0 Å². The number of benzene rings is 5. The number of methoxy groups -OCH3 is 3. The van der Waals surface area contributed by atoms with Gasteiger partial charge >= 0.3 is 17.9 Å². The second kappa shape index (κ2) is 12.4. The van der Waals surface area contributed by atoms with Crippen molar-refractivity contribution in [2.24, 2.45) is 0 Å². The zero-order valence-corrected chi connectivity index (χ0v) is 23.4. The molecule has 6 heteroatoms. The van der Waals surface area contributed by atoms with Gasteiger partial charge in [0.2, 0.25) is 0 Å². The van der Waals surface area contributed by atoms with Crippen molar-refractivity contribution in [2.75, 3.05) is 21.3 Å². The average Bonchev–Trinajstić information content (AvgIpc) is 3.07. The van der Waals surface area contributed by atoms with Crippen LogP contribution < -0.4 is 0 Å². The summed E-state index contributed by atoms with van der Waals surface area (Å²) in [4.78, 5) is 40.0. The number of carbonyl (C=O) groups is 3. The first-order valence-electron chi connectivity index (χ1n) is 13.2. The van der Waals surface area contributed by atoms with Gasteiger partial charge in [-0.1, -0.05) is 109 Å². The Morgan fingerprint density at radius 3 is 1.26 bits per heavy atom. The number of hydrogen-bond donors (Lipinski definition) is 0. The summed E-state index contributed by atoms with van der Waals surface area (Å²) in [6, 6.07) is 36.1. The first-order valence-corrected chi connectivity index (χ1v) is 13.2. The normalized spacial score (nSPS) is 10.5. The standard InChI is InChI=1S/C36H28O6/c1-40-34(37)30-22-29(27-18-14-25(15-19-27)23-10-6-4-7-11-23)32(35(38)41-2)33(36(39)42-3)31(30)28-20-16-26(17-21-28)24-12-8-5-9-13-24/h4-22H,1-3H3. The summed E-state index contributed by atoms with van der Waals surface area (Å²) in [6.45, 7) is 0. The SMILES string of the molecule is COC(=O)c1cc(-c2ccc(-c3ccccc3)cc2)c(C(=O)OC)c(C(=O)OC)c1-c1ccc(-c2ccccc2)cc1. The zero-order chi connectivity index (χ0) is 29.6. The predicted octanol–water partition coefficient (Wildman–Crippen LogP) is 7.71. The van der Waals surface area contributed by atoms with Crippen LogP contribution in [0.1, 0.15) is 31.1 Å². The van der Waals surface area contributed by atoms with Crippen LogP contribution in [0.3, 0.4) is 0 Å². The molecule has 5 aromatic carbocycles. The lowest BCUT2D eigenvalue weighted by atomic mass is 9.84. The molecule has 0 N–H and O–H groups in total. The fraction of sp³-hybridized carbons (Fsp3) is 0.0833. The van der Waals surface area contributed by atoms with E-state index in [4.69, 9.17) is 14.2 Å². The van der Waals surface area contributed by atoms with Crippen molar-refractivity contribution in [1.29, 1.82) is 0 Å². The van der Waals surface area contributed by atoms with Crippen molar-refractivity contribution in [3.05, 3.63) is 132 Å². The third kappa shape index (κ3) is 5.43. The summed E-state index contributed by atoms with van der Waals surface area (Å²) in [7, 11) is 3.74. The molecule has 6 nitrogen and oxygen atoms in total. The molecule has 0 aliphatic heterocycles. The number of carbonyl (C=O) groups excluding carboxylic acids is 3. The van der Waals surface area contributed by atoms with E-state index in [1.165, 1.54) is 21.3 Å². The van der Waals surface area contributed by atoms with Gasteiger partial charge < -0.3 is 14.2 Å². The van der Waals surface area contributed by atoms with Crippen LogP contribution in [-0.4, -0.2) is 39.2 Å². The van der Waals surface area contributed by atoms with Gasteiger partial charge in [0.05, 0.1) is 38.0 Å². The first-order chi connectivity index (χ1) is 20.5. The maximum atomic E-state index is 13.4. The molecule has 0 saturated heterocycles. The molecule has 0 bridgehead atoms. The summed E-state index contributed by atoms with van der Waals surface area (Å²) < 4.78 is 15.5. The van der Waals surface area contributed by atoms with E-state index in [0.29, 0.717) is 16.7 Å². The quantitative estimate of drug-likeness (QED) is 0.151. The highest BCUT2D eigenvalue weighted by Gasteiger charge is 2.32. The first kappa shape index (κ1) is 28.1. The largest absolute Gasteiger partial charge is 0.465 e. The van der Waals surface area contributed by atoms with Crippen LogP contribution in [0.2, 0.25) is 0 Å². The summed E-state index contributed by atoms with van der Waals surface area (Å²) in [5.41, 5.74) is 5.67. The molecule has 0 saturated carbocycles. The summed E-state index contributed by atoms with van der Waals surface area (Å²) in [6.07, 6.45) is 0. The summed E-state index contributed by atoms with van der Waals surface area (Å²) >= 11 is 0. The molecule has 0 atom stereocenters. The lowest BCUT2D eigenvalue weighted by Gasteiger charge is -2.20. The molecule has 0 spiro atoms. The Morgan fingerprint density at radius 1 is 0.429 bits per heavy atom. The molecule has 42 heavy (non-hydrogen) atoms. The van der Waals surface area contributed by atoms with E-state index < -0.39 is 17.9 Å². The Labute approximate surface area is 244 Å². The van der Waals surface area contributed by atoms with Crippen LogP contribution in [0, 0.1) is 0 Å². The molecule has 0 unspecified atom stereocenters. The minimum absolute atomic E-state index is 0.00778. The van der Waals surface area contributed by atoms with Crippen molar-refractivity contribution < 1.29 is 28.6 Å². The minimum Gasteiger partial charge on any atom is -0.465 e. The molecule has 0 radical (unpaired) electrons. The van der Waals surface area contributed by atoms with Gasteiger partial charge in [-0.15, -0.1) is 0 Å². The van der Waals surface area contributed by atoms with Gasteiger partial charge in [0.15, 0.2) is 0 Å². The van der Waals surface area contributed by atoms with Gasteiger partial charge in [-0.25, -0.2) is 14.4 Å². The number of rotatable bonds is 7. The van der Waals surface area contributed by atoms with E-state index in [1.807, 2.05) is 97.1 Å². The molecule has 5 rings (SSSR count). The highest BCUT2D eigenvalue weighted by atomic mass is 16.5. The van der Waals surface area contributed by atoms with Crippen molar-refractivity contribution in [3.63, 3.8) is 0 Å². The van der Waals surface area contributed by atoms with Crippen molar-refractivity contribution >= 4 is 17.9 Å². The Balaban J connectivity index is 1.76. The summed E-state index contributed by atoms with van der Waals surface area (Å²) in [5.74, 6) is -2.19. The lowest BCUT2D eigenvalue weighted by molar-refractivity contribution is 0.0554. The smallest absolute Gasteiger partial charge is 0.339 e. The lowest BCUT2D eigenvalue weighted by Crippen LogP contribution is -2.18. The van der Waals surface area contributed by atoms with Crippen LogP contribution >= 0.6 is 0 Å². The molecular weight excluding hydrogens is 528 g/mol. The van der Waals surface area contributed by atoms with Gasteiger partial charge in [0.1, 0.15) is 0 Å². The highest BCUT2D eigenvalue weighted by Crippen LogP contribution is 2.39. The Bertz CT molecular complexity index is 1740. The molecule has 0 fully saturated rings. The fourth-order valence-corrected chi connectivity index (χ4v) is 5.03. The highest BCUT2D eigenvalue weighted by molar-refractivity contribution is 6.16. The van der Waals surface area contributed by atoms with E-state index in [9.17, 15) is 14.4 Å². The van der Waals surface area contributed by atoms with Crippen LogP contribution in [0.4, 0.5) is 0 Å². The maximum Gasteiger partial charge on any atom is 0.339 e. The van der Waals surface area contributed by atoms with E-state index in [1.54, 1.807) is 18.2 Å². The topological polar surface area (TPSA) is 78.9 Å². The van der Waals surface area contributed by atoms with E-state index in [0.717, 1.165) is 22.3 Å². The Hall–Kier alpha value is -5.49. The molecule has 0 aliphatic rings. The van der Waals surface area contributed by atoms with Crippen molar-refractivity contribution in [3.8, 4) is 44.5 Å². The number of ether oxygens (including phenoxy) is 3. The molecular formula is C36H28O6. The van der Waals surface area contributed by atoms with E-state index >= 15 is 0 Å². The van der Waals surface area contributed by atoms with E-state index in [-0.39, 0.29) is 22.3 Å².